The van der Waals surface area contributed by atoms with Crippen molar-refractivity contribution in [2.24, 2.45) is 17.2 Å². The van der Waals surface area contributed by atoms with Gasteiger partial charge >= 0.3 is 17.9 Å². The summed E-state index contributed by atoms with van der Waals surface area (Å²) in [6, 6.07) is 87.8. The molecule has 9 N–H and O–H groups in total. The number of carboxylic acid groups (broad SMARTS) is 3. The van der Waals surface area contributed by atoms with Gasteiger partial charge in [-0.3, -0.25) is 29.1 Å². The predicted molar refractivity (Wildman–Crippen MR) is 457 cm³/mol. The summed E-state index contributed by atoms with van der Waals surface area (Å²) in [7, 11) is 6.47. The fourth-order valence-electron chi connectivity index (χ4n) is 12.2. The zero-order chi connectivity index (χ0) is 83.6. The lowest BCUT2D eigenvalue weighted by molar-refractivity contribution is -0.139. The van der Waals surface area contributed by atoms with Gasteiger partial charge in [-0.1, -0.05) is 145 Å². The first-order valence-corrected chi connectivity index (χ1v) is 38.8. The molecule has 0 fully saturated rings. The van der Waals surface area contributed by atoms with E-state index in [0.717, 1.165) is 44.9 Å². The molecular weight excluding hydrogens is 1540 g/mol. The first-order valence-electron chi connectivity index (χ1n) is 38.0. The van der Waals surface area contributed by atoms with Crippen LogP contribution in [0.25, 0.3) is 0 Å². The van der Waals surface area contributed by atoms with Crippen molar-refractivity contribution in [2.75, 3.05) is 48.1 Å². The molecule has 0 aliphatic heterocycles. The van der Waals surface area contributed by atoms with E-state index >= 15 is 0 Å². The number of nitrogens with zero attached hydrogens (tertiary/aromatic N) is 3. The number of rotatable bonds is 40. The fourth-order valence-corrected chi connectivity index (χ4v) is 12.5. The van der Waals surface area contributed by atoms with Gasteiger partial charge in [0.2, 0.25) is 0 Å². The van der Waals surface area contributed by atoms with Crippen molar-refractivity contribution < 1.29 is 77.1 Å². The monoisotopic (exact) mass is 1630 g/mol. The minimum absolute atomic E-state index is 0.285. The number of para-hydroxylation sites is 6. The Balaban J connectivity index is 0.000000186. The van der Waals surface area contributed by atoms with Crippen molar-refractivity contribution in [3.8, 4) is 92.0 Å². The third-order valence-corrected chi connectivity index (χ3v) is 19.1. The second kappa shape index (κ2) is 45.6. The molecule has 0 saturated heterocycles. The molecule has 12 aromatic carbocycles. The maximum atomic E-state index is 11.4. The van der Waals surface area contributed by atoms with Crippen LogP contribution in [0.4, 0.5) is 0 Å². The van der Waals surface area contributed by atoms with Crippen molar-refractivity contribution in [2.45, 2.75) is 76.7 Å². The first kappa shape index (κ1) is 87.8. The maximum Gasteiger partial charge on any atom is 0.320 e. The molecular formula is C94H96Cl2N6O16. The third kappa shape index (κ3) is 28.1. The molecule has 22 nitrogen and oxygen atoms in total. The molecule has 0 aromatic heterocycles. The van der Waals surface area contributed by atoms with Crippen molar-refractivity contribution >= 4 is 41.1 Å². The Labute approximate surface area is 697 Å². The molecule has 0 saturated carbocycles. The second-order valence-electron chi connectivity index (χ2n) is 27.2. The van der Waals surface area contributed by atoms with Crippen LogP contribution in [-0.4, -0.2) is 114 Å². The van der Waals surface area contributed by atoms with Gasteiger partial charge in [0, 0.05) is 114 Å². The largest absolute Gasteiger partial charge is 0.497 e. The number of benzene rings is 12. The summed E-state index contributed by atoms with van der Waals surface area (Å²) in [5.41, 5.74) is 23.3. The van der Waals surface area contributed by atoms with Crippen LogP contribution in [0.5, 0.6) is 92.0 Å². The van der Waals surface area contributed by atoms with E-state index in [1.54, 1.807) is 52.7 Å². The molecule has 0 radical (unpaired) electrons. The van der Waals surface area contributed by atoms with E-state index in [1.165, 1.54) is 0 Å². The molecule has 12 aromatic rings. The number of halogens is 2. The van der Waals surface area contributed by atoms with Gasteiger partial charge in [-0.25, -0.2) is 0 Å². The topological polar surface area (TPSA) is 292 Å². The SMILES string of the molecule is COc1ccc(Oc2ccccc2CN(CC[C@H](N)C(=O)O)Cc2ccccc2Oc2ccc(OC)cc2)cc1.COc1cccc(Oc2ccccc2CN(CC[C@H](N)C(=O)O)Cc2ccccc2Oc2cccc(OC)c2)c1.N[C@@H](CCN(Cc1ccccc1Oc1ccc(Cl)cc1)Cc1ccccc1Oc1ccc(Cl)cc1)C(=O)O. The van der Waals surface area contributed by atoms with E-state index < -0.39 is 36.0 Å². The lowest BCUT2D eigenvalue weighted by atomic mass is 10.1. The molecule has 0 spiro atoms. The number of methoxy groups -OCH3 is 4. The Hall–Kier alpha value is -12.6. The molecule has 612 valence electrons. The maximum absolute atomic E-state index is 11.4. The average Bonchev–Trinajstić information content (AvgIpc) is 0.846. The van der Waals surface area contributed by atoms with Crippen molar-refractivity contribution in [3.05, 3.63) is 335 Å². The summed E-state index contributed by atoms with van der Waals surface area (Å²) in [5.74, 6) is 8.07. The van der Waals surface area contributed by atoms with E-state index in [-0.39, 0.29) is 12.8 Å². The minimum atomic E-state index is -1.03. The highest BCUT2D eigenvalue weighted by molar-refractivity contribution is 6.30. The number of carboxylic acids is 3. The Bertz CT molecular complexity index is 4860. The molecule has 0 aliphatic carbocycles. The third-order valence-electron chi connectivity index (χ3n) is 18.6. The molecule has 12 rings (SSSR count). The zero-order valence-electron chi connectivity index (χ0n) is 65.9. The lowest BCUT2D eigenvalue weighted by Gasteiger charge is -2.25. The van der Waals surface area contributed by atoms with E-state index in [4.69, 9.17) is 87.8 Å². The minimum Gasteiger partial charge on any atom is -0.497 e. The van der Waals surface area contributed by atoms with Crippen molar-refractivity contribution in [3.63, 3.8) is 0 Å². The van der Waals surface area contributed by atoms with Crippen LogP contribution in [0, 0.1) is 0 Å². The van der Waals surface area contributed by atoms with Gasteiger partial charge in [-0.2, -0.15) is 0 Å². The molecule has 3 atom stereocenters. The highest BCUT2D eigenvalue weighted by Gasteiger charge is 2.23. The molecule has 24 heteroatoms. The molecule has 0 bridgehead atoms. The Morgan fingerprint density at radius 2 is 0.466 bits per heavy atom. The quantitative estimate of drug-likeness (QED) is 0.0208. The van der Waals surface area contributed by atoms with Gasteiger partial charge in [0.05, 0.1) is 28.4 Å². The van der Waals surface area contributed by atoms with Crippen LogP contribution in [0.15, 0.2) is 291 Å². The summed E-state index contributed by atoms with van der Waals surface area (Å²) < 4.78 is 58.3. The van der Waals surface area contributed by atoms with E-state index in [1.807, 2.05) is 267 Å². The Morgan fingerprint density at radius 1 is 0.271 bits per heavy atom. The smallest absolute Gasteiger partial charge is 0.320 e. The Kier molecular flexibility index (Phi) is 33.9. The van der Waals surface area contributed by atoms with Gasteiger partial charge in [-0.05, 0) is 177 Å². The summed E-state index contributed by atoms with van der Waals surface area (Å²) >= 11 is 12.0. The number of nitrogens with two attached hydrogens (primary N) is 3. The van der Waals surface area contributed by atoms with Gasteiger partial charge in [-0.15, -0.1) is 0 Å². The second-order valence-corrected chi connectivity index (χ2v) is 28.1. The molecule has 0 amide bonds. The molecule has 118 heavy (non-hydrogen) atoms. The normalized spacial score (nSPS) is 11.7. The summed E-state index contributed by atoms with van der Waals surface area (Å²) in [5, 5.41) is 29.3. The standard InChI is InChI=1S/2C32H34N2O6.C30H28Cl2N2O4/c1-37-25-11-7-13-27(19-25)39-30-15-5-3-9-23(30)21-34(18-17-29(33)32(35)36)22-24-10-4-6-16-31(24)40-28-14-8-12-26(20-28)38-2;1-37-25-11-15-27(16-12-25)39-30-9-5-3-7-23(30)21-34(20-19-29(33)32(35)36)22-24-8-4-6-10-31(24)40-28-17-13-26(38-2)14-18-28;31-23-9-13-25(14-10-23)37-28-7-3-1-5-21(28)19-34(18-17-27(33)30(35)36)20-22-6-2-4-8-29(22)38-26-15-11-24(32)12-16-26/h3-16,19-20,29H,17-18,21-22,33H2,1-2H3,(H,35,36);3-18,29H,19-22,33H2,1-2H3,(H,35,36);1-16,27H,17-20,33H2,(H,35,36)/t2*29-;27-/m000/s1. The van der Waals surface area contributed by atoms with Crippen LogP contribution in [0.1, 0.15) is 52.6 Å². The fraction of sp³-hybridized carbons (Fsp3) is 0.202. The predicted octanol–water partition coefficient (Wildman–Crippen LogP) is 19.6. The number of carbonyl (C=O) groups is 3. The molecule has 0 unspecified atom stereocenters. The average molecular weight is 1640 g/mol. The van der Waals surface area contributed by atoms with E-state index in [2.05, 4.69) is 14.7 Å². The number of aliphatic carboxylic acids is 3. The van der Waals surface area contributed by atoms with Crippen LogP contribution in [0.3, 0.4) is 0 Å². The van der Waals surface area contributed by atoms with Gasteiger partial charge < -0.3 is 79.9 Å². The van der Waals surface area contributed by atoms with Crippen LogP contribution in [-0.2, 0) is 53.7 Å². The number of hydrogen-bond donors (Lipinski definition) is 6. The summed E-state index contributed by atoms with van der Waals surface area (Å²) in [6.07, 6.45) is 0.862. The highest BCUT2D eigenvalue weighted by atomic mass is 35.5. The lowest BCUT2D eigenvalue weighted by Crippen LogP contribution is -2.35. The first-order chi connectivity index (χ1) is 57.3. The summed E-state index contributed by atoms with van der Waals surface area (Å²) in [6.45, 7) is 4.40. The number of hydrogen-bond acceptors (Lipinski definition) is 19. The van der Waals surface area contributed by atoms with Crippen molar-refractivity contribution in [1.29, 1.82) is 0 Å². The van der Waals surface area contributed by atoms with Crippen molar-refractivity contribution in [1.82, 2.24) is 14.7 Å². The number of ether oxygens (including phenoxy) is 10. The van der Waals surface area contributed by atoms with Gasteiger partial charge in [0.25, 0.3) is 0 Å². The Morgan fingerprint density at radius 3 is 0.686 bits per heavy atom. The van der Waals surface area contributed by atoms with E-state index in [9.17, 15) is 29.7 Å². The van der Waals surface area contributed by atoms with Crippen LogP contribution >= 0.6 is 23.2 Å². The highest BCUT2D eigenvalue weighted by Crippen LogP contribution is 2.37. The van der Waals surface area contributed by atoms with E-state index in [0.29, 0.717) is 156 Å². The van der Waals surface area contributed by atoms with Gasteiger partial charge in [0.1, 0.15) is 110 Å². The van der Waals surface area contributed by atoms with Crippen LogP contribution < -0.4 is 64.6 Å². The molecule has 0 heterocycles. The molecule has 0 aliphatic rings. The zero-order valence-corrected chi connectivity index (χ0v) is 67.4. The van der Waals surface area contributed by atoms with Crippen LogP contribution in [0.2, 0.25) is 10.0 Å². The summed E-state index contributed by atoms with van der Waals surface area (Å²) in [4.78, 5) is 40.7. The van der Waals surface area contributed by atoms with Gasteiger partial charge in [0.15, 0.2) is 0 Å².